The molecule has 0 aromatic heterocycles. The summed E-state index contributed by atoms with van der Waals surface area (Å²) in [5, 5.41) is 10.6. The lowest BCUT2D eigenvalue weighted by Crippen LogP contribution is -2.50. The van der Waals surface area contributed by atoms with Gasteiger partial charge in [0.25, 0.3) is 0 Å². The van der Waals surface area contributed by atoms with Crippen LogP contribution >= 0.6 is 0 Å². The second kappa shape index (κ2) is 9.92. The van der Waals surface area contributed by atoms with Gasteiger partial charge in [-0.25, -0.2) is 4.79 Å². The molecule has 9 heteroatoms. The molecule has 26 heavy (non-hydrogen) atoms. The largest absolute Gasteiger partial charge is 0.481 e. The number of rotatable bonds is 6. The van der Waals surface area contributed by atoms with Crippen LogP contribution in [0.25, 0.3) is 0 Å². The number of hydrogen-bond acceptors (Lipinski definition) is 6. The van der Waals surface area contributed by atoms with Crippen molar-refractivity contribution in [3.63, 3.8) is 0 Å². The van der Waals surface area contributed by atoms with E-state index in [9.17, 15) is 24.0 Å². The summed E-state index contributed by atoms with van der Waals surface area (Å²) in [6, 6.07) is 4.55. The number of carbonyl (C=O) groups excluding carboxylic acids is 4. The number of carbonyl (C=O) groups is 5. The van der Waals surface area contributed by atoms with E-state index in [1.807, 2.05) is 0 Å². The molecule has 0 spiro atoms. The fourth-order valence-electron chi connectivity index (χ4n) is 2.21. The van der Waals surface area contributed by atoms with Gasteiger partial charge < -0.3 is 14.7 Å². The van der Waals surface area contributed by atoms with E-state index in [2.05, 4.69) is 5.32 Å². The Hall–Kier alpha value is -3.23. The number of aldehydes is 1. The normalized spacial score (nSPS) is 15.8. The summed E-state index contributed by atoms with van der Waals surface area (Å²) in [5.74, 6) is -1.41. The quantitative estimate of drug-likeness (QED) is 0.543. The summed E-state index contributed by atoms with van der Waals surface area (Å²) in [6.07, 6.45) is 1.96. The third-order valence-corrected chi connectivity index (χ3v) is 3.62. The molecule has 9 nitrogen and oxygen atoms in total. The number of piperidine rings is 1. The highest BCUT2D eigenvalue weighted by atomic mass is 16.5. The van der Waals surface area contributed by atoms with Crippen LogP contribution in [0.5, 0.6) is 5.75 Å². The molecular formula is C17H20N2O7. The van der Waals surface area contributed by atoms with E-state index in [0.29, 0.717) is 36.9 Å². The van der Waals surface area contributed by atoms with Crippen LogP contribution in [0.1, 0.15) is 28.8 Å². The van der Waals surface area contributed by atoms with E-state index in [1.165, 1.54) is 11.9 Å². The van der Waals surface area contributed by atoms with Gasteiger partial charge in [0.15, 0.2) is 12.9 Å². The molecule has 1 unspecified atom stereocenters. The Balaban J connectivity index is 0.000000263. The van der Waals surface area contributed by atoms with Gasteiger partial charge in [-0.2, -0.15) is 0 Å². The monoisotopic (exact) mass is 364 g/mol. The minimum absolute atomic E-state index is 0.268. The average molecular weight is 364 g/mol. The molecule has 1 heterocycles. The Kier molecular flexibility index (Phi) is 7.94. The maximum atomic E-state index is 11.1. The van der Waals surface area contributed by atoms with E-state index >= 15 is 0 Å². The number of likely N-dealkylation sites (N-methyl/N-ethyl adjacent to an activating group) is 1. The number of carboxylic acids is 1. The Labute approximate surface area is 149 Å². The lowest BCUT2D eigenvalue weighted by atomic mass is 10.1. The van der Waals surface area contributed by atoms with Crippen molar-refractivity contribution < 1.29 is 33.8 Å². The zero-order chi connectivity index (χ0) is 19.7. The second-order valence-corrected chi connectivity index (χ2v) is 5.52. The van der Waals surface area contributed by atoms with Crippen LogP contribution in [0.2, 0.25) is 0 Å². The lowest BCUT2D eigenvalue weighted by Gasteiger charge is -2.26. The van der Waals surface area contributed by atoms with Crippen molar-refractivity contribution in [3.8, 4) is 5.75 Å². The molecule has 1 saturated heterocycles. The molecule has 0 bridgehead atoms. The summed E-state index contributed by atoms with van der Waals surface area (Å²) in [4.78, 5) is 54.2. The standard InChI is InChI=1S/C10H10O4.C7H10N2O3/c1-7-3-2-4-9(8(7)5-11)14-6-10(12)13;1-9(4-10)5-2-3-6(11)8-7(5)12/h2-5H,6H2,1H3,(H,12,13);4-5H,2-3H2,1H3,(H,8,11,12). The van der Waals surface area contributed by atoms with Gasteiger partial charge in [-0.3, -0.25) is 24.5 Å². The van der Waals surface area contributed by atoms with Crippen LogP contribution in [0.15, 0.2) is 18.2 Å². The Morgan fingerprint density at radius 3 is 2.62 bits per heavy atom. The molecule has 1 fully saturated rings. The molecule has 1 aliphatic heterocycles. The summed E-state index contributed by atoms with van der Waals surface area (Å²) >= 11 is 0. The SMILES string of the molecule is CN(C=O)C1CCC(=O)NC1=O.Cc1cccc(OCC(=O)O)c1C=O. The van der Waals surface area contributed by atoms with Crippen LogP contribution in [0.3, 0.4) is 0 Å². The van der Waals surface area contributed by atoms with Crippen molar-refractivity contribution in [2.24, 2.45) is 0 Å². The summed E-state index contributed by atoms with van der Waals surface area (Å²) in [5.41, 5.74) is 1.16. The number of imide groups is 1. The fourth-order valence-corrected chi connectivity index (χ4v) is 2.21. The second-order valence-electron chi connectivity index (χ2n) is 5.52. The number of amides is 3. The molecule has 0 saturated carbocycles. The first-order valence-corrected chi connectivity index (χ1v) is 7.70. The number of nitrogens with zero attached hydrogens (tertiary/aromatic N) is 1. The molecule has 1 atom stereocenters. The first-order valence-electron chi connectivity index (χ1n) is 7.70. The summed E-state index contributed by atoms with van der Waals surface area (Å²) < 4.78 is 4.94. The predicted molar refractivity (Wildman–Crippen MR) is 89.7 cm³/mol. The molecule has 2 N–H and O–H groups in total. The van der Waals surface area contributed by atoms with Gasteiger partial charge in [-0.05, 0) is 25.0 Å². The molecule has 0 radical (unpaired) electrons. The van der Waals surface area contributed by atoms with Gasteiger partial charge in [-0.15, -0.1) is 0 Å². The van der Waals surface area contributed by atoms with Gasteiger partial charge in [0.05, 0.1) is 5.56 Å². The van der Waals surface area contributed by atoms with Crippen molar-refractivity contribution >= 4 is 30.5 Å². The number of aliphatic carboxylic acids is 1. The predicted octanol–water partition coefficient (Wildman–Crippen LogP) is 0.151. The smallest absolute Gasteiger partial charge is 0.341 e. The zero-order valence-corrected chi connectivity index (χ0v) is 14.4. The van der Waals surface area contributed by atoms with E-state index in [1.54, 1.807) is 25.1 Å². The molecule has 2 rings (SSSR count). The van der Waals surface area contributed by atoms with Crippen molar-refractivity contribution in [1.82, 2.24) is 10.2 Å². The van der Waals surface area contributed by atoms with Crippen LogP contribution < -0.4 is 10.1 Å². The highest BCUT2D eigenvalue weighted by Gasteiger charge is 2.28. The van der Waals surface area contributed by atoms with Gasteiger partial charge in [0.2, 0.25) is 18.2 Å². The van der Waals surface area contributed by atoms with E-state index < -0.39 is 18.6 Å². The van der Waals surface area contributed by atoms with Gasteiger partial charge in [-0.1, -0.05) is 12.1 Å². The number of nitrogens with one attached hydrogen (secondary N) is 1. The van der Waals surface area contributed by atoms with Gasteiger partial charge in [0, 0.05) is 13.5 Å². The highest BCUT2D eigenvalue weighted by molar-refractivity contribution is 6.00. The number of benzene rings is 1. The van der Waals surface area contributed by atoms with Crippen molar-refractivity contribution in [2.45, 2.75) is 25.8 Å². The van der Waals surface area contributed by atoms with Crippen molar-refractivity contribution in [2.75, 3.05) is 13.7 Å². The lowest BCUT2D eigenvalue weighted by molar-refractivity contribution is -0.140. The molecule has 1 aliphatic rings. The third kappa shape index (κ3) is 6.00. The number of aryl methyl sites for hydroxylation is 1. The number of hydrogen-bond donors (Lipinski definition) is 2. The molecule has 3 amide bonds. The topological polar surface area (TPSA) is 130 Å². The van der Waals surface area contributed by atoms with Crippen molar-refractivity contribution in [1.29, 1.82) is 0 Å². The van der Waals surface area contributed by atoms with Crippen molar-refractivity contribution in [3.05, 3.63) is 29.3 Å². The minimum atomic E-state index is -1.07. The molecule has 1 aromatic carbocycles. The van der Waals surface area contributed by atoms with Gasteiger partial charge in [0.1, 0.15) is 11.8 Å². The third-order valence-electron chi connectivity index (χ3n) is 3.62. The van der Waals surface area contributed by atoms with Crippen LogP contribution in [-0.2, 0) is 19.2 Å². The van der Waals surface area contributed by atoms with E-state index in [4.69, 9.17) is 9.84 Å². The minimum Gasteiger partial charge on any atom is -0.481 e. The zero-order valence-electron chi connectivity index (χ0n) is 14.4. The van der Waals surface area contributed by atoms with E-state index in [0.717, 1.165) is 5.56 Å². The molecule has 140 valence electrons. The Bertz CT molecular complexity index is 702. The highest BCUT2D eigenvalue weighted by Crippen LogP contribution is 2.19. The Morgan fingerprint density at radius 2 is 2.08 bits per heavy atom. The first-order chi connectivity index (χ1) is 12.3. The van der Waals surface area contributed by atoms with Crippen LogP contribution in [-0.4, -0.2) is 60.2 Å². The summed E-state index contributed by atoms with van der Waals surface area (Å²) in [6.45, 7) is 1.32. The van der Waals surface area contributed by atoms with E-state index in [-0.39, 0.29) is 11.8 Å². The van der Waals surface area contributed by atoms with Crippen LogP contribution in [0.4, 0.5) is 0 Å². The number of ether oxygens (including phenoxy) is 1. The number of carboxylic acid groups (broad SMARTS) is 1. The molecule has 1 aromatic rings. The maximum absolute atomic E-state index is 11.1. The average Bonchev–Trinajstić information content (AvgIpc) is 2.60. The Morgan fingerprint density at radius 1 is 1.38 bits per heavy atom. The van der Waals surface area contributed by atoms with Crippen LogP contribution in [0, 0.1) is 6.92 Å². The molecular weight excluding hydrogens is 344 g/mol. The van der Waals surface area contributed by atoms with Gasteiger partial charge >= 0.3 is 5.97 Å². The molecule has 0 aliphatic carbocycles. The first kappa shape index (κ1) is 20.8. The summed E-state index contributed by atoms with van der Waals surface area (Å²) in [7, 11) is 1.52. The fraction of sp³-hybridized carbons (Fsp3) is 0.353. The maximum Gasteiger partial charge on any atom is 0.341 e.